The molecule has 5 nitrogen and oxygen atoms in total. The summed E-state index contributed by atoms with van der Waals surface area (Å²) in [6.45, 7) is 1.10. The fourth-order valence-corrected chi connectivity index (χ4v) is 3.20. The average molecular weight is 320 g/mol. The molecular weight excluding hydrogens is 304 g/mol. The van der Waals surface area contributed by atoms with Crippen LogP contribution >= 0.6 is 0 Å². The van der Waals surface area contributed by atoms with Crippen molar-refractivity contribution in [2.75, 3.05) is 13.2 Å². The van der Waals surface area contributed by atoms with Crippen LogP contribution in [0.25, 0.3) is 0 Å². The van der Waals surface area contributed by atoms with Crippen LogP contribution in [0.1, 0.15) is 29.5 Å². The first-order valence-corrected chi connectivity index (χ1v) is 8.02. The molecule has 2 heterocycles. The van der Waals surface area contributed by atoms with Gasteiger partial charge < -0.3 is 9.47 Å². The van der Waals surface area contributed by atoms with E-state index in [1.807, 2.05) is 18.2 Å². The molecule has 0 amide bonds. The fourth-order valence-electron chi connectivity index (χ4n) is 3.20. The lowest BCUT2D eigenvalue weighted by Gasteiger charge is -2.19. The molecule has 5 heteroatoms. The van der Waals surface area contributed by atoms with Gasteiger partial charge in [0.1, 0.15) is 19.1 Å². The van der Waals surface area contributed by atoms with Crippen LogP contribution in [0.2, 0.25) is 0 Å². The van der Waals surface area contributed by atoms with Crippen molar-refractivity contribution in [3.05, 3.63) is 53.9 Å². The van der Waals surface area contributed by atoms with Gasteiger partial charge in [0.05, 0.1) is 11.8 Å². The molecule has 4 rings (SSSR count). The Morgan fingerprint density at radius 2 is 2.04 bits per heavy atom. The minimum atomic E-state index is -0.793. The highest BCUT2D eigenvalue weighted by Crippen LogP contribution is 2.51. The first-order chi connectivity index (χ1) is 11.8. The Kier molecular flexibility index (Phi) is 3.66. The number of benzene rings is 1. The van der Waals surface area contributed by atoms with Crippen LogP contribution in [0, 0.1) is 17.2 Å². The van der Waals surface area contributed by atoms with Gasteiger partial charge >= 0.3 is 0 Å². The molecule has 120 valence electrons. The number of nitrogens with zero attached hydrogens (tertiary/aromatic N) is 2. The summed E-state index contributed by atoms with van der Waals surface area (Å²) in [5.41, 5.74) is 1.59. The second-order valence-corrected chi connectivity index (χ2v) is 6.07. The fraction of sp³-hybridized carbons (Fsp3) is 0.316. The third-order valence-electron chi connectivity index (χ3n) is 4.55. The van der Waals surface area contributed by atoms with E-state index in [1.54, 1.807) is 24.4 Å². The number of Topliss-reactive ketones (excluding diaryl/α,β-unsaturated/α-hetero) is 1. The summed E-state index contributed by atoms with van der Waals surface area (Å²) >= 11 is 0. The monoisotopic (exact) mass is 320 g/mol. The number of nitriles is 1. The van der Waals surface area contributed by atoms with E-state index in [0.29, 0.717) is 18.9 Å². The summed E-state index contributed by atoms with van der Waals surface area (Å²) < 4.78 is 11.1. The smallest absolute Gasteiger partial charge is 0.161 e. The van der Waals surface area contributed by atoms with E-state index in [-0.39, 0.29) is 17.6 Å². The molecule has 0 spiro atoms. The van der Waals surface area contributed by atoms with Gasteiger partial charge in [-0.2, -0.15) is 5.26 Å². The van der Waals surface area contributed by atoms with Crippen LogP contribution in [0.5, 0.6) is 11.5 Å². The van der Waals surface area contributed by atoms with Crippen LogP contribution in [0.3, 0.4) is 0 Å². The lowest BCUT2D eigenvalue weighted by molar-refractivity contribution is -0.120. The third kappa shape index (κ3) is 2.61. The van der Waals surface area contributed by atoms with Gasteiger partial charge in [0.25, 0.3) is 0 Å². The van der Waals surface area contributed by atoms with Gasteiger partial charge in [-0.25, -0.2) is 0 Å². The van der Waals surface area contributed by atoms with Crippen LogP contribution in [-0.2, 0) is 4.79 Å². The second-order valence-electron chi connectivity index (χ2n) is 6.07. The Hall–Kier alpha value is -2.87. The van der Waals surface area contributed by atoms with E-state index < -0.39 is 5.92 Å². The van der Waals surface area contributed by atoms with Crippen molar-refractivity contribution >= 4 is 5.78 Å². The molecule has 0 bridgehead atoms. The van der Waals surface area contributed by atoms with Crippen molar-refractivity contribution in [1.29, 1.82) is 5.26 Å². The summed E-state index contributed by atoms with van der Waals surface area (Å²) in [4.78, 5) is 16.8. The van der Waals surface area contributed by atoms with E-state index in [9.17, 15) is 10.1 Å². The van der Waals surface area contributed by atoms with Gasteiger partial charge in [0.15, 0.2) is 17.3 Å². The largest absolute Gasteiger partial charge is 0.486 e. The Bertz CT molecular complexity index is 813. The van der Waals surface area contributed by atoms with Gasteiger partial charge in [-0.05, 0) is 42.2 Å². The molecule has 1 aliphatic heterocycles. The van der Waals surface area contributed by atoms with Crippen molar-refractivity contribution in [3.8, 4) is 17.6 Å². The Balaban J connectivity index is 1.51. The number of ether oxygens (including phenoxy) is 2. The molecule has 0 unspecified atom stereocenters. The average Bonchev–Trinajstić information content (AvgIpc) is 3.43. The molecule has 3 atom stereocenters. The molecule has 1 aromatic heterocycles. The third-order valence-corrected chi connectivity index (χ3v) is 4.55. The summed E-state index contributed by atoms with van der Waals surface area (Å²) in [6, 6.07) is 13.2. The highest BCUT2D eigenvalue weighted by molar-refractivity contribution is 5.93. The maximum Gasteiger partial charge on any atom is 0.161 e. The number of fused-ring (bicyclic) bond motifs is 1. The molecule has 2 aliphatic rings. The number of hydrogen-bond acceptors (Lipinski definition) is 5. The molecular formula is C19H16N2O3. The molecule has 24 heavy (non-hydrogen) atoms. The van der Waals surface area contributed by atoms with Crippen molar-refractivity contribution in [2.24, 2.45) is 5.92 Å². The first kappa shape index (κ1) is 14.7. The van der Waals surface area contributed by atoms with E-state index in [4.69, 9.17) is 9.47 Å². The van der Waals surface area contributed by atoms with Crippen LogP contribution in [-0.4, -0.2) is 24.0 Å². The summed E-state index contributed by atoms with van der Waals surface area (Å²) in [5.74, 6) is 0.664. The second kappa shape index (κ2) is 5.97. The predicted molar refractivity (Wildman–Crippen MR) is 85.9 cm³/mol. The lowest BCUT2D eigenvalue weighted by Crippen LogP contribution is -2.16. The highest BCUT2D eigenvalue weighted by Gasteiger charge is 2.47. The zero-order chi connectivity index (χ0) is 16.5. The number of aromatic nitrogens is 1. The normalized spacial score (nSPS) is 22.3. The maximum atomic E-state index is 12.7. The van der Waals surface area contributed by atoms with Crippen molar-refractivity contribution in [3.63, 3.8) is 0 Å². The number of hydrogen-bond donors (Lipinski definition) is 0. The summed E-state index contributed by atoms with van der Waals surface area (Å²) in [5, 5.41) is 9.39. The van der Waals surface area contributed by atoms with Crippen LogP contribution < -0.4 is 9.47 Å². The van der Waals surface area contributed by atoms with Crippen molar-refractivity contribution in [2.45, 2.75) is 18.3 Å². The first-order valence-electron chi connectivity index (χ1n) is 8.02. The Morgan fingerprint density at radius 1 is 1.21 bits per heavy atom. The van der Waals surface area contributed by atoms with Gasteiger partial charge in [-0.3, -0.25) is 9.78 Å². The van der Waals surface area contributed by atoms with Gasteiger partial charge in [0.2, 0.25) is 0 Å². The van der Waals surface area contributed by atoms with E-state index in [1.165, 1.54) is 0 Å². The number of ketones is 1. The number of carbonyl (C=O) groups is 1. The van der Waals surface area contributed by atoms with Crippen LogP contribution in [0.15, 0.2) is 42.6 Å². The summed E-state index contributed by atoms with van der Waals surface area (Å²) in [7, 11) is 0. The molecule has 1 aliphatic carbocycles. The molecule has 0 radical (unpaired) electrons. The van der Waals surface area contributed by atoms with Crippen molar-refractivity contribution < 1.29 is 14.3 Å². The SMILES string of the molecule is N#C[C@H](C(=O)[C@H]1C[C@H]1c1ccc2c(c1)OCCO2)c1ccccn1. The standard InChI is InChI=1S/C19H16N2O3/c20-11-15(16-3-1-2-6-21-16)19(22)14-10-13(14)12-4-5-17-18(9-12)24-8-7-23-17/h1-6,9,13-15H,7-8,10H2/t13-,14-,15-/m0/s1. The zero-order valence-corrected chi connectivity index (χ0v) is 13.0. The lowest BCUT2D eigenvalue weighted by atomic mass is 9.95. The highest BCUT2D eigenvalue weighted by atomic mass is 16.6. The number of pyridine rings is 1. The molecule has 0 saturated heterocycles. The predicted octanol–water partition coefficient (Wildman–Crippen LogP) is 2.83. The maximum absolute atomic E-state index is 12.7. The van der Waals surface area contributed by atoms with Gasteiger partial charge in [-0.1, -0.05) is 12.1 Å². The molecule has 1 saturated carbocycles. The number of carbonyl (C=O) groups excluding carboxylic acids is 1. The number of rotatable bonds is 4. The zero-order valence-electron chi connectivity index (χ0n) is 13.0. The quantitative estimate of drug-likeness (QED) is 0.866. The van der Waals surface area contributed by atoms with E-state index in [0.717, 1.165) is 23.5 Å². The Labute approximate surface area is 139 Å². The van der Waals surface area contributed by atoms with E-state index in [2.05, 4.69) is 11.1 Å². The molecule has 0 N–H and O–H groups in total. The summed E-state index contributed by atoms with van der Waals surface area (Å²) in [6.07, 6.45) is 2.38. The van der Waals surface area contributed by atoms with Gasteiger partial charge in [0, 0.05) is 12.1 Å². The van der Waals surface area contributed by atoms with Gasteiger partial charge in [-0.15, -0.1) is 0 Å². The topological polar surface area (TPSA) is 72.2 Å². The Morgan fingerprint density at radius 3 is 2.79 bits per heavy atom. The molecule has 2 aromatic rings. The van der Waals surface area contributed by atoms with E-state index >= 15 is 0 Å². The molecule has 1 fully saturated rings. The minimum absolute atomic E-state index is 0.0453. The minimum Gasteiger partial charge on any atom is -0.486 e. The molecule has 1 aromatic carbocycles. The van der Waals surface area contributed by atoms with Crippen molar-refractivity contribution in [1.82, 2.24) is 4.98 Å². The van der Waals surface area contributed by atoms with Crippen LogP contribution in [0.4, 0.5) is 0 Å².